The Hall–Kier alpha value is -0.770. The molecule has 0 aliphatic carbocycles. The first kappa shape index (κ1) is 16.6. The predicted molar refractivity (Wildman–Crippen MR) is 90.8 cm³/mol. The van der Waals surface area contributed by atoms with E-state index in [2.05, 4.69) is 35.9 Å². The van der Waals surface area contributed by atoms with Gasteiger partial charge in [0.05, 0.1) is 6.54 Å². The highest BCUT2D eigenvalue weighted by Gasteiger charge is 2.22. The van der Waals surface area contributed by atoms with Crippen molar-refractivity contribution in [3.63, 3.8) is 0 Å². The van der Waals surface area contributed by atoms with Crippen molar-refractivity contribution < 1.29 is 0 Å². The van der Waals surface area contributed by atoms with Crippen LogP contribution in [0.5, 0.6) is 0 Å². The van der Waals surface area contributed by atoms with Crippen LogP contribution in [-0.4, -0.2) is 61.1 Å². The van der Waals surface area contributed by atoms with Gasteiger partial charge in [0.1, 0.15) is 0 Å². The van der Waals surface area contributed by atoms with E-state index in [9.17, 15) is 0 Å². The van der Waals surface area contributed by atoms with E-state index in [0.717, 1.165) is 38.1 Å². The van der Waals surface area contributed by atoms with Gasteiger partial charge in [0.25, 0.3) is 0 Å². The Labute approximate surface area is 131 Å². The largest absolute Gasteiger partial charge is 0.357 e. The molecule has 0 aromatic carbocycles. The van der Waals surface area contributed by atoms with Crippen molar-refractivity contribution in [2.75, 3.05) is 39.3 Å². The van der Waals surface area contributed by atoms with Crippen molar-refractivity contribution in [3.8, 4) is 0 Å². The normalized spacial score (nSPS) is 28.7. The summed E-state index contributed by atoms with van der Waals surface area (Å²) < 4.78 is 0. The Kier molecular flexibility index (Phi) is 6.81. The van der Waals surface area contributed by atoms with Crippen LogP contribution in [-0.2, 0) is 0 Å². The van der Waals surface area contributed by atoms with Crippen molar-refractivity contribution in [2.45, 2.75) is 58.9 Å². The third-order valence-corrected chi connectivity index (χ3v) is 4.90. The number of hydrogen-bond donors (Lipinski definition) is 1. The summed E-state index contributed by atoms with van der Waals surface area (Å²) in [5.74, 6) is 1.94. The highest BCUT2D eigenvalue weighted by molar-refractivity contribution is 5.80. The molecule has 0 aromatic heterocycles. The lowest BCUT2D eigenvalue weighted by atomic mass is 10.0. The summed E-state index contributed by atoms with van der Waals surface area (Å²) in [6.07, 6.45) is 6.71. The molecular formula is C17H34N4. The molecule has 2 heterocycles. The average molecular weight is 294 g/mol. The van der Waals surface area contributed by atoms with Crippen LogP contribution in [0.1, 0.15) is 52.9 Å². The lowest BCUT2D eigenvalue weighted by Crippen LogP contribution is -2.47. The monoisotopic (exact) mass is 294 g/mol. The van der Waals surface area contributed by atoms with Gasteiger partial charge in [-0.25, -0.2) is 0 Å². The van der Waals surface area contributed by atoms with Crippen molar-refractivity contribution in [1.82, 2.24) is 15.1 Å². The molecule has 21 heavy (non-hydrogen) atoms. The molecule has 0 bridgehead atoms. The molecule has 2 saturated heterocycles. The van der Waals surface area contributed by atoms with Gasteiger partial charge in [-0.1, -0.05) is 20.3 Å². The number of likely N-dealkylation sites (tertiary alicyclic amines) is 2. The van der Waals surface area contributed by atoms with Crippen LogP contribution in [0.15, 0.2) is 4.99 Å². The Bertz CT molecular complexity index is 329. The first-order chi connectivity index (χ1) is 10.2. The molecule has 4 heteroatoms. The van der Waals surface area contributed by atoms with Crippen molar-refractivity contribution in [2.24, 2.45) is 10.9 Å². The smallest absolute Gasteiger partial charge is 0.193 e. The highest BCUT2D eigenvalue weighted by atomic mass is 15.3. The van der Waals surface area contributed by atoms with Crippen LogP contribution in [0.2, 0.25) is 0 Å². The predicted octanol–water partition coefficient (Wildman–Crippen LogP) is 2.56. The van der Waals surface area contributed by atoms with E-state index in [1.807, 2.05) is 0 Å². The van der Waals surface area contributed by atoms with E-state index in [-0.39, 0.29) is 0 Å². The van der Waals surface area contributed by atoms with Crippen LogP contribution in [0.25, 0.3) is 0 Å². The van der Waals surface area contributed by atoms with E-state index in [1.54, 1.807) is 0 Å². The second-order valence-corrected chi connectivity index (χ2v) is 6.67. The molecule has 122 valence electrons. The highest BCUT2D eigenvalue weighted by Crippen LogP contribution is 2.18. The molecule has 0 aromatic rings. The summed E-state index contributed by atoms with van der Waals surface area (Å²) in [4.78, 5) is 10.1. The molecule has 2 aliphatic rings. The van der Waals surface area contributed by atoms with E-state index in [1.165, 1.54) is 45.2 Å². The summed E-state index contributed by atoms with van der Waals surface area (Å²) in [5, 5.41) is 3.50. The van der Waals surface area contributed by atoms with Crippen LogP contribution in [0, 0.1) is 5.92 Å². The Morgan fingerprint density at radius 3 is 2.71 bits per heavy atom. The first-order valence-electron chi connectivity index (χ1n) is 9.01. The van der Waals surface area contributed by atoms with Gasteiger partial charge < -0.3 is 10.2 Å². The van der Waals surface area contributed by atoms with Crippen molar-refractivity contribution in [3.05, 3.63) is 0 Å². The van der Waals surface area contributed by atoms with Crippen LogP contribution in [0.4, 0.5) is 0 Å². The Morgan fingerprint density at radius 2 is 2.00 bits per heavy atom. The average Bonchev–Trinajstić information content (AvgIpc) is 2.51. The Balaban J connectivity index is 1.95. The van der Waals surface area contributed by atoms with Crippen LogP contribution in [0.3, 0.4) is 0 Å². The van der Waals surface area contributed by atoms with Gasteiger partial charge in [0.15, 0.2) is 5.96 Å². The quantitative estimate of drug-likeness (QED) is 0.638. The second-order valence-electron chi connectivity index (χ2n) is 6.67. The molecule has 4 nitrogen and oxygen atoms in total. The maximum atomic E-state index is 4.98. The first-order valence-corrected chi connectivity index (χ1v) is 9.01. The third-order valence-electron chi connectivity index (χ3n) is 4.90. The second kappa shape index (κ2) is 8.62. The molecule has 2 atom stereocenters. The molecule has 0 saturated carbocycles. The molecule has 2 fully saturated rings. The molecule has 2 unspecified atom stereocenters. The standard InChI is InChI=1S/C17H34N4/c1-4-18-17(21-12-8-9-15(3)14-21)19-13-16-10-6-7-11-20(16)5-2/h15-16H,4-14H2,1-3H3,(H,18,19). The van der Waals surface area contributed by atoms with Gasteiger partial charge in [0, 0.05) is 25.7 Å². The summed E-state index contributed by atoms with van der Waals surface area (Å²) >= 11 is 0. The van der Waals surface area contributed by atoms with E-state index >= 15 is 0 Å². The molecule has 2 rings (SSSR count). The number of nitrogens with zero attached hydrogens (tertiary/aromatic N) is 3. The van der Waals surface area contributed by atoms with Gasteiger partial charge in [0.2, 0.25) is 0 Å². The SMILES string of the molecule is CCNC(=NCC1CCCCN1CC)N1CCCC(C)C1. The van der Waals surface area contributed by atoms with Crippen molar-refractivity contribution >= 4 is 5.96 Å². The summed E-state index contributed by atoms with van der Waals surface area (Å²) in [5.41, 5.74) is 0. The number of nitrogens with one attached hydrogen (secondary N) is 1. The van der Waals surface area contributed by atoms with Crippen LogP contribution < -0.4 is 5.32 Å². The number of piperidine rings is 2. The van der Waals surface area contributed by atoms with Gasteiger partial charge in [-0.3, -0.25) is 9.89 Å². The Morgan fingerprint density at radius 1 is 1.14 bits per heavy atom. The van der Waals surface area contributed by atoms with Gasteiger partial charge >= 0.3 is 0 Å². The van der Waals surface area contributed by atoms with E-state index in [0.29, 0.717) is 6.04 Å². The maximum Gasteiger partial charge on any atom is 0.193 e. The van der Waals surface area contributed by atoms with Gasteiger partial charge in [-0.15, -0.1) is 0 Å². The summed E-state index contributed by atoms with van der Waals surface area (Å²) in [6, 6.07) is 0.652. The molecule has 1 N–H and O–H groups in total. The van der Waals surface area contributed by atoms with Crippen LogP contribution >= 0.6 is 0 Å². The fourth-order valence-corrected chi connectivity index (χ4v) is 3.68. The maximum absolute atomic E-state index is 4.98. The minimum atomic E-state index is 0.652. The molecular weight excluding hydrogens is 260 g/mol. The topological polar surface area (TPSA) is 30.9 Å². The fraction of sp³-hybridized carbons (Fsp3) is 0.941. The molecule has 0 radical (unpaired) electrons. The summed E-state index contributed by atoms with van der Waals surface area (Å²) in [7, 11) is 0. The zero-order chi connectivity index (χ0) is 15.1. The number of hydrogen-bond acceptors (Lipinski definition) is 2. The van der Waals surface area contributed by atoms with E-state index < -0.39 is 0 Å². The molecule has 0 amide bonds. The minimum Gasteiger partial charge on any atom is -0.357 e. The molecule has 0 spiro atoms. The third kappa shape index (κ3) is 4.87. The lowest BCUT2D eigenvalue weighted by Gasteiger charge is -2.36. The lowest BCUT2D eigenvalue weighted by molar-refractivity contribution is 0.161. The zero-order valence-corrected chi connectivity index (χ0v) is 14.3. The summed E-state index contributed by atoms with van der Waals surface area (Å²) in [6.45, 7) is 13.5. The van der Waals surface area contributed by atoms with Gasteiger partial charge in [-0.05, 0) is 51.6 Å². The number of guanidine groups is 1. The minimum absolute atomic E-state index is 0.652. The zero-order valence-electron chi connectivity index (χ0n) is 14.3. The fourth-order valence-electron chi connectivity index (χ4n) is 3.68. The van der Waals surface area contributed by atoms with E-state index in [4.69, 9.17) is 4.99 Å². The number of aliphatic imine (C=N–C) groups is 1. The number of likely N-dealkylation sites (N-methyl/N-ethyl adjacent to an activating group) is 1. The van der Waals surface area contributed by atoms with Crippen molar-refractivity contribution in [1.29, 1.82) is 0 Å². The van der Waals surface area contributed by atoms with Gasteiger partial charge in [-0.2, -0.15) is 0 Å². The number of rotatable bonds is 4. The molecule has 2 aliphatic heterocycles.